The van der Waals surface area contributed by atoms with E-state index in [1.54, 1.807) is 23.5 Å². The van der Waals surface area contributed by atoms with Crippen LogP contribution in [0.15, 0.2) is 29.6 Å². The van der Waals surface area contributed by atoms with Crippen molar-refractivity contribution in [3.05, 3.63) is 56.0 Å². The zero-order valence-corrected chi connectivity index (χ0v) is 13.0. The lowest BCUT2D eigenvalue weighted by molar-refractivity contribution is -0.384. The maximum atomic E-state index is 10.9. The Morgan fingerprint density at radius 1 is 1.48 bits per heavy atom. The number of hydrogen-bond donors (Lipinski definition) is 1. The number of nitrogens with zero attached hydrogens (tertiary/aromatic N) is 2. The number of benzene rings is 1. The van der Waals surface area contributed by atoms with E-state index in [2.05, 4.69) is 17.2 Å². The van der Waals surface area contributed by atoms with Gasteiger partial charge in [0.25, 0.3) is 5.69 Å². The second kappa shape index (κ2) is 7.28. The van der Waals surface area contributed by atoms with Gasteiger partial charge in [-0.25, -0.2) is 4.98 Å². The Morgan fingerprint density at radius 2 is 2.29 bits per heavy atom. The van der Waals surface area contributed by atoms with Crippen molar-refractivity contribution in [1.29, 1.82) is 0 Å². The summed E-state index contributed by atoms with van der Waals surface area (Å²) in [5.74, 6) is 0. The van der Waals surface area contributed by atoms with Gasteiger partial charge < -0.3 is 5.32 Å². The second-order valence-electron chi connectivity index (χ2n) is 4.96. The van der Waals surface area contributed by atoms with Crippen LogP contribution >= 0.6 is 11.3 Å². The Balaban J connectivity index is 2.10. The van der Waals surface area contributed by atoms with Gasteiger partial charge in [0.05, 0.1) is 4.92 Å². The third kappa shape index (κ3) is 4.34. The number of hydrogen-bond acceptors (Lipinski definition) is 5. The zero-order valence-electron chi connectivity index (χ0n) is 12.2. The standard InChI is InChI=1S/C15H19N3O2S/c1-3-5-14(16-9-15-17-11(2)10-21-15)12-6-4-7-13(8-12)18(19)20/h4,6-8,10,14,16H,3,5,9H2,1-2H3. The minimum Gasteiger partial charge on any atom is -0.304 e. The molecule has 0 amide bonds. The SMILES string of the molecule is CCCC(NCc1nc(C)cs1)c1cccc([N+](=O)[O-])c1. The van der Waals surface area contributed by atoms with E-state index in [1.165, 1.54) is 6.07 Å². The van der Waals surface area contributed by atoms with E-state index in [0.717, 1.165) is 29.1 Å². The fourth-order valence-corrected chi connectivity index (χ4v) is 2.95. The van der Waals surface area contributed by atoms with Gasteiger partial charge in [0, 0.05) is 35.8 Å². The van der Waals surface area contributed by atoms with Gasteiger partial charge in [0.1, 0.15) is 5.01 Å². The minimum absolute atomic E-state index is 0.110. The van der Waals surface area contributed by atoms with Crippen molar-refractivity contribution in [1.82, 2.24) is 10.3 Å². The van der Waals surface area contributed by atoms with Gasteiger partial charge in [0.2, 0.25) is 0 Å². The molecule has 0 aliphatic rings. The third-order valence-corrected chi connectivity index (χ3v) is 4.19. The van der Waals surface area contributed by atoms with Crippen molar-refractivity contribution < 1.29 is 4.92 Å². The summed E-state index contributed by atoms with van der Waals surface area (Å²) in [6, 6.07) is 6.97. The minimum atomic E-state index is -0.351. The number of nitro benzene ring substituents is 1. The van der Waals surface area contributed by atoms with Crippen LogP contribution in [0.3, 0.4) is 0 Å². The topological polar surface area (TPSA) is 68.1 Å². The molecule has 0 aliphatic carbocycles. The molecule has 2 aromatic rings. The van der Waals surface area contributed by atoms with Crippen molar-refractivity contribution in [2.45, 2.75) is 39.3 Å². The summed E-state index contributed by atoms with van der Waals surface area (Å²) < 4.78 is 0. The van der Waals surface area contributed by atoms with E-state index in [0.29, 0.717) is 6.54 Å². The van der Waals surface area contributed by atoms with Crippen molar-refractivity contribution in [2.75, 3.05) is 0 Å². The molecule has 2 rings (SSSR count). The monoisotopic (exact) mass is 305 g/mol. The van der Waals surface area contributed by atoms with Crippen LogP contribution in [0.25, 0.3) is 0 Å². The summed E-state index contributed by atoms with van der Waals surface area (Å²) in [6.45, 7) is 4.77. The van der Waals surface area contributed by atoms with E-state index in [4.69, 9.17) is 0 Å². The molecule has 0 spiro atoms. The first kappa shape index (κ1) is 15.6. The van der Waals surface area contributed by atoms with Crippen molar-refractivity contribution in [2.24, 2.45) is 0 Å². The van der Waals surface area contributed by atoms with Crippen LogP contribution in [-0.4, -0.2) is 9.91 Å². The average Bonchev–Trinajstić information content (AvgIpc) is 2.89. The molecule has 0 saturated carbocycles. The molecule has 6 heteroatoms. The zero-order chi connectivity index (χ0) is 15.2. The third-order valence-electron chi connectivity index (χ3n) is 3.23. The number of thiazole rings is 1. The molecular weight excluding hydrogens is 286 g/mol. The van der Waals surface area contributed by atoms with Crippen LogP contribution in [0.4, 0.5) is 5.69 Å². The molecule has 0 fully saturated rings. The fourth-order valence-electron chi connectivity index (χ4n) is 2.22. The van der Waals surface area contributed by atoms with Gasteiger partial charge in [-0.3, -0.25) is 10.1 Å². The maximum Gasteiger partial charge on any atom is 0.269 e. The highest BCUT2D eigenvalue weighted by molar-refractivity contribution is 7.09. The largest absolute Gasteiger partial charge is 0.304 e. The summed E-state index contributed by atoms with van der Waals surface area (Å²) in [5.41, 5.74) is 2.12. The number of non-ortho nitro benzene ring substituents is 1. The smallest absolute Gasteiger partial charge is 0.269 e. The lowest BCUT2D eigenvalue weighted by Crippen LogP contribution is -2.20. The molecule has 1 N–H and O–H groups in total. The molecule has 0 radical (unpaired) electrons. The lowest BCUT2D eigenvalue weighted by atomic mass is 10.0. The van der Waals surface area contributed by atoms with Gasteiger partial charge in [0.15, 0.2) is 0 Å². The molecule has 1 aromatic heterocycles. The summed E-state index contributed by atoms with van der Waals surface area (Å²) in [6.07, 6.45) is 1.95. The molecular formula is C15H19N3O2S. The molecule has 112 valence electrons. The molecule has 0 aliphatic heterocycles. The first-order valence-corrected chi connectivity index (χ1v) is 7.87. The lowest BCUT2D eigenvalue weighted by Gasteiger charge is -2.17. The Hall–Kier alpha value is -1.79. The first-order valence-electron chi connectivity index (χ1n) is 6.99. The van der Waals surface area contributed by atoms with Crippen LogP contribution in [0.2, 0.25) is 0 Å². The molecule has 5 nitrogen and oxygen atoms in total. The summed E-state index contributed by atoms with van der Waals surface area (Å²) in [4.78, 5) is 15.0. The van der Waals surface area contributed by atoms with Gasteiger partial charge in [-0.15, -0.1) is 11.3 Å². The van der Waals surface area contributed by atoms with Gasteiger partial charge in [-0.05, 0) is 18.9 Å². The highest BCUT2D eigenvalue weighted by Gasteiger charge is 2.14. The Kier molecular flexibility index (Phi) is 5.41. The average molecular weight is 305 g/mol. The van der Waals surface area contributed by atoms with E-state index in [9.17, 15) is 10.1 Å². The summed E-state index contributed by atoms with van der Waals surface area (Å²) >= 11 is 1.63. The highest BCUT2D eigenvalue weighted by Crippen LogP contribution is 2.23. The normalized spacial score (nSPS) is 12.3. The summed E-state index contributed by atoms with van der Waals surface area (Å²) in [5, 5.41) is 17.4. The van der Waals surface area contributed by atoms with E-state index < -0.39 is 0 Å². The number of aryl methyl sites for hydroxylation is 1. The molecule has 0 bridgehead atoms. The van der Waals surface area contributed by atoms with E-state index >= 15 is 0 Å². The predicted molar refractivity (Wildman–Crippen MR) is 84.4 cm³/mol. The van der Waals surface area contributed by atoms with Crippen LogP contribution in [-0.2, 0) is 6.54 Å². The van der Waals surface area contributed by atoms with E-state index in [1.807, 2.05) is 18.4 Å². The van der Waals surface area contributed by atoms with E-state index in [-0.39, 0.29) is 16.7 Å². The Morgan fingerprint density at radius 3 is 2.90 bits per heavy atom. The van der Waals surface area contributed by atoms with Crippen molar-refractivity contribution >= 4 is 17.0 Å². The molecule has 1 unspecified atom stereocenters. The number of nitro groups is 1. The first-order chi connectivity index (χ1) is 10.1. The predicted octanol–water partition coefficient (Wildman–Crippen LogP) is 3.99. The number of rotatable bonds is 7. The van der Waals surface area contributed by atoms with Crippen molar-refractivity contribution in [3.63, 3.8) is 0 Å². The van der Waals surface area contributed by atoms with Gasteiger partial charge >= 0.3 is 0 Å². The van der Waals surface area contributed by atoms with Gasteiger partial charge in [-0.2, -0.15) is 0 Å². The maximum absolute atomic E-state index is 10.9. The van der Waals surface area contributed by atoms with Crippen LogP contribution in [0.1, 0.15) is 42.1 Å². The summed E-state index contributed by atoms with van der Waals surface area (Å²) in [7, 11) is 0. The molecule has 1 heterocycles. The Bertz CT molecular complexity index is 612. The quantitative estimate of drug-likeness (QED) is 0.620. The fraction of sp³-hybridized carbons (Fsp3) is 0.400. The van der Waals surface area contributed by atoms with Crippen molar-refractivity contribution in [3.8, 4) is 0 Å². The molecule has 21 heavy (non-hydrogen) atoms. The molecule has 1 atom stereocenters. The van der Waals surface area contributed by atoms with Gasteiger partial charge in [-0.1, -0.05) is 25.5 Å². The highest BCUT2D eigenvalue weighted by atomic mass is 32.1. The van der Waals surface area contributed by atoms with Crippen LogP contribution < -0.4 is 5.32 Å². The number of aromatic nitrogens is 1. The molecule has 0 saturated heterocycles. The van der Waals surface area contributed by atoms with Crippen LogP contribution in [0.5, 0.6) is 0 Å². The number of nitrogens with one attached hydrogen (secondary N) is 1. The Labute approximate surface area is 128 Å². The van der Waals surface area contributed by atoms with Crippen LogP contribution in [0, 0.1) is 17.0 Å². The second-order valence-corrected chi connectivity index (χ2v) is 5.90. The molecule has 1 aromatic carbocycles.